The van der Waals surface area contributed by atoms with Crippen molar-refractivity contribution in [3.8, 4) is 0 Å². The van der Waals surface area contributed by atoms with Gasteiger partial charge in [-0.2, -0.15) is 0 Å². The fourth-order valence-electron chi connectivity index (χ4n) is 1.34. The number of aromatic amines is 1. The Morgan fingerprint density at radius 3 is 2.81 bits per heavy atom. The van der Waals surface area contributed by atoms with Crippen LogP contribution < -0.4 is 10.9 Å². The molecule has 0 aliphatic carbocycles. The maximum Gasteiger partial charge on any atom is 0.361 e. The summed E-state index contributed by atoms with van der Waals surface area (Å²) >= 11 is 0. The molecule has 2 rings (SSSR count). The van der Waals surface area contributed by atoms with E-state index in [1.165, 1.54) is 0 Å². The minimum atomic E-state index is -0.676. The third-order valence-corrected chi connectivity index (χ3v) is 2.13. The Hall–Kier alpha value is -2.15. The average molecular weight is 219 g/mol. The lowest BCUT2D eigenvalue weighted by atomic mass is 10.1. The smallest absolute Gasteiger partial charge is 0.318 e. The minimum Gasteiger partial charge on any atom is -0.318 e. The molecule has 0 aliphatic heterocycles. The second kappa shape index (κ2) is 4.58. The Kier molecular flexibility index (Phi) is 2.97. The highest BCUT2D eigenvalue weighted by atomic mass is 16.2. The van der Waals surface area contributed by atoms with Crippen LogP contribution in [0.4, 0.5) is 0 Å². The van der Waals surface area contributed by atoms with Gasteiger partial charge >= 0.3 is 5.91 Å². The summed E-state index contributed by atoms with van der Waals surface area (Å²) in [5.74, 6) is -0.391. The first-order chi connectivity index (χ1) is 7.77. The normalized spacial score (nSPS) is 12.3. The molecule has 7 nitrogen and oxygen atoms in total. The summed E-state index contributed by atoms with van der Waals surface area (Å²) in [5.41, 5.74) is 6.74. The second-order valence-corrected chi connectivity index (χ2v) is 3.31. The standard InChI is InChI=1S/C9H10N6O/c10-8(6-7-4-2-1-3-5-7)9(16)15-13-11-12-14-15/h1-5,8H,6,10H2/p+1/t8-/m0/s1. The molecule has 1 heterocycles. The van der Waals surface area contributed by atoms with Gasteiger partial charge in [0.2, 0.25) is 0 Å². The van der Waals surface area contributed by atoms with Crippen molar-refractivity contribution in [1.82, 2.24) is 20.4 Å². The molecule has 0 amide bonds. The first-order valence-corrected chi connectivity index (χ1v) is 4.77. The first-order valence-electron chi connectivity index (χ1n) is 4.77. The molecule has 2 aromatic rings. The van der Waals surface area contributed by atoms with Crippen molar-refractivity contribution in [3.63, 3.8) is 0 Å². The van der Waals surface area contributed by atoms with Gasteiger partial charge in [0, 0.05) is 0 Å². The molecule has 7 heteroatoms. The molecule has 1 aromatic heterocycles. The van der Waals surface area contributed by atoms with Crippen LogP contribution in [0.3, 0.4) is 0 Å². The molecule has 0 unspecified atom stereocenters. The zero-order chi connectivity index (χ0) is 11.4. The number of nitrogens with two attached hydrogens (primary N) is 1. The van der Waals surface area contributed by atoms with Crippen molar-refractivity contribution in [3.05, 3.63) is 35.9 Å². The lowest BCUT2D eigenvalue weighted by Gasteiger charge is -2.04. The molecule has 0 bridgehead atoms. The van der Waals surface area contributed by atoms with E-state index in [1.807, 2.05) is 30.3 Å². The summed E-state index contributed by atoms with van der Waals surface area (Å²) in [4.78, 5) is 12.5. The number of carbonyl (C=O) groups excluding carboxylic acids is 1. The predicted molar refractivity (Wildman–Crippen MR) is 53.1 cm³/mol. The van der Waals surface area contributed by atoms with Crippen LogP contribution in [0.15, 0.2) is 30.3 Å². The number of aromatic nitrogens is 5. The molecular weight excluding hydrogens is 208 g/mol. The van der Waals surface area contributed by atoms with Gasteiger partial charge in [-0.15, -0.1) is 0 Å². The molecule has 0 aliphatic rings. The van der Waals surface area contributed by atoms with E-state index in [9.17, 15) is 4.79 Å². The van der Waals surface area contributed by atoms with E-state index in [0.717, 1.165) is 10.4 Å². The molecule has 82 valence electrons. The Bertz CT molecular complexity index is 454. The first kappa shape index (κ1) is 10.4. The van der Waals surface area contributed by atoms with Crippen LogP contribution in [0, 0.1) is 0 Å². The number of rotatable bonds is 3. The van der Waals surface area contributed by atoms with E-state index >= 15 is 0 Å². The molecule has 1 atom stereocenters. The number of nitrogens with zero attached hydrogens (tertiary/aromatic N) is 4. The van der Waals surface area contributed by atoms with Crippen LogP contribution in [-0.2, 0) is 6.42 Å². The van der Waals surface area contributed by atoms with Gasteiger partial charge in [-0.25, -0.2) is 4.79 Å². The molecule has 0 spiro atoms. The number of hydrogen-bond donors (Lipinski definition) is 1. The van der Waals surface area contributed by atoms with Crippen molar-refractivity contribution in [2.45, 2.75) is 12.5 Å². The summed E-state index contributed by atoms with van der Waals surface area (Å²) in [6, 6.07) is 8.85. The zero-order valence-electron chi connectivity index (χ0n) is 8.45. The fraction of sp³-hybridized carbons (Fsp3) is 0.222. The van der Waals surface area contributed by atoms with Gasteiger partial charge in [0.05, 0.1) is 10.0 Å². The van der Waals surface area contributed by atoms with E-state index in [4.69, 9.17) is 5.73 Å². The Labute approximate surface area is 91.2 Å². The third-order valence-electron chi connectivity index (χ3n) is 2.13. The summed E-state index contributed by atoms with van der Waals surface area (Å²) in [7, 11) is 0. The number of carbonyl (C=O) groups is 1. The lowest BCUT2D eigenvalue weighted by molar-refractivity contribution is -0.526. The average Bonchev–Trinajstić information content (AvgIpc) is 2.83. The van der Waals surface area contributed by atoms with Gasteiger partial charge in [-0.05, 0) is 12.0 Å². The van der Waals surface area contributed by atoms with Crippen molar-refractivity contribution < 1.29 is 10.0 Å². The molecule has 0 radical (unpaired) electrons. The van der Waals surface area contributed by atoms with E-state index in [1.54, 1.807) is 0 Å². The van der Waals surface area contributed by atoms with Crippen LogP contribution in [-0.4, -0.2) is 32.4 Å². The van der Waals surface area contributed by atoms with Gasteiger partial charge in [0.1, 0.15) is 11.3 Å². The third kappa shape index (κ3) is 2.26. The zero-order valence-corrected chi connectivity index (χ0v) is 8.45. The van der Waals surface area contributed by atoms with Gasteiger partial charge in [-0.3, -0.25) is 0 Å². The van der Waals surface area contributed by atoms with Gasteiger partial charge in [0.15, 0.2) is 5.21 Å². The Morgan fingerprint density at radius 1 is 1.44 bits per heavy atom. The number of benzene rings is 1. The summed E-state index contributed by atoms with van der Waals surface area (Å²) in [6.07, 6.45) is 0.446. The summed E-state index contributed by atoms with van der Waals surface area (Å²) < 4.78 is 0. The van der Waals surface area contributed by atoms with Gasteiger partial charge in [-0.1, -0.05) is 35.5 Å². The van der Waals surface area contributed by atoms with E-state index in [2.05, 4.69) is 20.9 Å². The van der Waals surface area contributed by atoms with Gasteiger partial charge < -0.3 is 5.73 Å². The monoisotopic (exact) mass is 219 g/mol. The molecule has 3 N–H and O–H groups in total. The Morgan fingerprint density at radius 2 is 2.19 bits per heavy atom. The topological polar surface area (TPSA) is 101 Å². The highest BCUT2D eigenvalue weighted by molar-refractivity contribution is 5.82. The SMILES string of the molecule is N[C@@H](Cc1ccccc1)C(=O)n1nn[nH+]n1. The van der Waals surface area contributed by atoms with Crippen LogP contribution in [0.5, 0.6) is 0 Å². The molecule has 0 saturated heterocycles. The number of hydrogen-bond acceptors (Lipinski definition) is 5. The summed E-state index contributed by atoms with van der Waals surface area (Å²) in [6.45, 7) is 0. The van der Waals surface area contributed by atoms with E-state index < -0.39 is 11.9 Å². The summed E-state index contributed by atoms with van der Waals surface area (Å²) in [5, 5.41) is 12.5. The Balaban J connectivity index is 2.04. The van der Waals surface area contributed by atoms with Crippen molar-refractivity contribution >= 4 is 5.91 Å². The lowest BCUT2D eigenvalue weighted by Crippen LogP contribution is -2.38. The number of H-pyrrole nitrogens is 1. The molecule has 1 aromatic carbocycles. The van der Waals surface area contributed by atoms with E-state index in [-0.39, 0.29) is 0 Å². The quantitative estimate of drug-likeness (QED) is 0.691. The maximum absolute atomic E-state index is 11.7. The van der Waals surface area contributed by atoms with E-state index in [0.29, 0.717) is 6.42 Å². The molecule has 0 fully saturated rings. The molecular formula is C9H11N6O+. The van der Waals surface area contributed by atoms with Crippen LogP contribution in [0.25, 0.3) is 0 Å². The second-order valence-electron chi connectivity index (χ2n) is 3.31. The van der Waals surface area contributed by atoms with Crippen molar-refractivity contribution in [2.75, 3.05) is 0 Å². The van der Waals surface area contributed by atoms with Gasteiger partial charge in [0.25, 0.3) is 0 Å². The van der Waals surface area contributed by atoms with Crippen LogP contribution >= 0.6 is 0 Å². The highest BCUT2D eigenvalue weighted by Crippen LogP contribution is 2.02. The largest absolute Gasteiger partial charge is 0.361 e. The highest BCUT2D eigenvalue weighted by Gasteiger charge is 2.24. The fourth-order valence-corrected chi connectivity index (χ4v) is 1.34. The maximum atomic E-state index is 11.7. The van der Waals surface area contributed by atoms with Crippen LogP contribution in [0.2, 0.25) is 0 Å². The minimum absolute atomic E-state index is 0.391. The molecule has 16 heavy (non-hydrogen) atoms. The predicted octanol–water partition coefficient (Wildman–Crippen LogP) is -1.30. The number of nitrogens with one attached hydrogen (secondary N) is 1. The van der Waals surface area contributed by atoms with Crippen molar-refractivity contribution in [2.24, 2.45) is 5.73 Å². The molecule has 0 saturated carbocycles. The van der Waals surface area contributed by atoms with Crippen molar-refractivity contribution in [1.29, 1.82) is 0 Å². The van der Waals surface area contributed by atoms with Crippen LogP contribution in [0.1, 0.15) is 10.4 Å².